The van der Waals surface area contributed by atoms with Crippen molar-refractivity contribution in [1.29, 1.82) is 0 Å². The van der Waals surface area contributed by atoms with Crippen LogP contribution in [0, 0.1) is 0 Å². The summed E-state index contributed by atoms with van der Waals surface area (Å²) in [5, 5.41) is 9.53. The molecule has 1 unspecified atom stereocenters. The number of urea groups is 1. The molecule has 1 atom stereocenters. The highest BCUT2D eigenvalue weighted by molar-refractivity contribution is 8.19. The lowest BCUT2D eigenvalue weighted by molar-refractivity contribution is 0.211. The summed E-state index contributed by atoms with van der Waals surface area (Å²) in [6, 6.07) is 17.3. The van der Waals surface area contributed by atoms with E-state index in [0.717, 1.165) is 28.2 Å². The van der Waals surface area contributed by atoms with E-state index in [9.17, 15) is 4.79 Å². The minimum absolute atomic E-state index is 0.138. The number of para-hydroxylation sites is 1. The molecule has 0 aromatic heterocycles. The fraction of sp³-hybridized carbons (Fsp3) is 0.115. The van der Waals surface area contributed by atoms with E-state index in [4.69, 9.17) is 11.6 Å². The third-order valence-corrected chi connectivity index (χ3v) is 8.52. The number of anilines is 1. The molecular formula is C26H22ClN5OS. The predicted octanol–water partition coefficient (Wildman–Crippen LogP) is 5.57. The lowest BCUT2D eigenvalue weighted by Gasteiger charge is -2.23. The number of hydrazone groups is 1. The Bertz CT molecular complexity index is 1390. The SMILES string of the molecule is CS1=C2C(=CN(c3ccccc3Cl)C=C3N2C=NN3C(=O)NCc2ccccc2)C2=C1C=CC2. The van der Waals surface area contributed by atoms with Gasteiger partial charge in [-0.25, -0.2) is 4.79 Å². The van der Waals surface area contributed by atoms with Crippen LogP contribution in [0.5, 0.6) is 0 Å². The lowest BCUT2D eigenvalue weighted by Crippen LogP contribution is -2.38. The van der Waals surface area contributed by atoms with Gasteiger partial charge in [-0.2, -0.15) is 10.1 Å². The van der Waals surface area contributed by atoms with E-state index in [1.54, 1.807) is 6.34 Å². The van der Waals surface area contributed by atoms with Crippen molar-refractivity contribution in [2.45, 2.75) is 13.0 Å². The van der Waals surface area contributed by atoms with Crippen molar-refractivity contribution >= 4 is 45.1 Å². The van der Waals surface area contributed by atoms with Gasteiger partial charge in [0, 0.05) is 23.2 Å². The topological polar surface area (TPSA) is 51.2 Å². The smallest absolute Gasteiger partial charge is 0.332 e. The molecule has 3 aliphatic heterocycles. The highest BCUT2D eigenvalue weighted by Crippen LogP contribution is 2.48. The number of carbonyl (C=O) groups is 1. The molecule has 4 aliphatic rings. The zero-order valence-corrected chi connectivity index (χ0v) is 20.1. The highest BCUT2D eigenvalue weighted by Gasteiger charge is 2.39. The number of rotatable bonds is 3. The van der Waals surface area contributed by atoms with E-state index >= 15 is 0 Å². The van der Waals surface area contributed by atoms with Crippen LogP contribution in [0.4, 0.5) is 10.5 Å². The molecule has 0 radical (unpaired) electrons. The van der Waals surface area contributed by atoms with Crippen LogP contribution < -0.4 is 10.2 Å². The van der Waals surface area contributed by atoms with Gasteiger partial charge in [0.2, 0.25) is 0 Å². The molecule has 1 N–H and O–H groups in total. The van der Waals surface area contributed by atoms with Crippen LogP contribution in [0.25, 0.3) is 0 Å². The van der Waals surface area contributed by atoms with Gasteiger partial charge in [-0.1, -0.05) is 66.2 Å². The Morgan fingerprint density at radius 1 is 1.12 bits per heavy atom. The minimum atomic E-state index is -0.286. The second-order valence-corrected chi connectivity index (χ2v) is 10.5. The second kappa shape index (κ2) is 8.34. The Morgan fingerprint density at radius 2 is 1.91 bits per heavy atom. The van der Waals surface area contributed by atoms with Crippen LogP contribution in [0.2, 0.25) is 5.02 Å². The van der Waals surface area contributed by atoms with Gasteiger partial charge in [-0.3, -0.25) is 4.90 Å². The maximum absolute atomic E-state index is 13.2. The van der Waals surface area contributed by atoms with E-state index in [2.05, 4.69) is 35.0 Å². The summed E-state index contributed by atoms with van der Waals surface area (Å²) in [5.74, 6) is 0.663. The van der Waals surface area contributed by atoms with Gasteiger partial charge < -0.3 is 10.2 Å². The number of hydrogen-bond acceptors (Lipinski definition) is 4. The molecule has 6 nitrogen and oxygen atoms in total. The molecule has 2 amide bonds. The van der Waals surface area contributed by atoms with E-state index < -0.39 is 0 Å². The first-order chi connectivity index (χ1) is 16.6. The van der Waals surface area contributed by atoms with Crippen LogP contribution >= 0.6 is 22.1 Å². The molecule has 0 bridgehead atoms. The second-order valence-electron chi connectivity index (χ2n) is 8.21. The number of nitrogens with zero attached hydrogens (tertiary/aromatic N) is 4. The molecule has 8 heteroatoms. The van der Waals surface area contributed by atoms with Crippen molar-refractivity contribution in [3.8, 4) is 0 Å². The summed E-state index contributed by atoms with van der Waals surface area (Å²) < 4.78 is 0. The standard InChI is InChI=1S/C26H22ClN5OS/c1-34-23-13-7-10-19(23)20-15-30(22-12-6-5-11-21(22)27)16-24-31(25(20)34)17-29-32(24)26(33)28-14-18-8-3-2-4-9-18/h2-9,11-13,15-17H,10,14H2,1H3,(H,28,33). The van der Waals surface area contributed by atoms with Crippen LogP contribution in [0.1, 0.15) is 12.0 Å². The Hall–Kier alpha value is -3.55. The summed E-state index contributed by atoms with van der Waals surface area (Å²) in [6.45, 7) is 0.423. The summed E-state index contributed by atoms with van der Waals surface area (Å²) in [5.41, 5.74) is 4.36. The third-order valence-electron chi connectivity index (χ3n) is 6.16. The number of halogens is 1. The largest absolute Gasteiger partial charge is 0.344 e. The Morgan fingerprint density at radius 3 is 2.74 bits per heavy atom. The van der Waals surface area contributed by atoms with Gasteiger partial charge in [0.05, 0.1) is 21.9 Å². The molecule has 170 valence electrons. The summed E-state index contributed by atoms with van der Waals surface area (Å²) in [7, 11) is -0.138. The molecule has 2 aromatic rings. The molecule has 1 aliphatic carbocycles. The van der Waals surface area contributed by atoms with Crippen LogP contribution in [0.3, 0.4) is 0 Å². The Kier molecular flexibility index (Phi) is 5.16. The molecule has 0 saturated carbocycles. The van der Waals surface area contributed by atoms with Crippen LogP contribution in [-0.4, -0.2) is 33.5 Å². The number of nitrogens with one attached hydrogen (secondary N) is 1. The van der Waals surface area contributed by atoms with Crippen molar-refractivity contribution in [3.05, 3.63) is 112 Å². The lowest BCUT2D eigenvalue weighted by atomic mass is 10.1. The van der Waals surface area contributed by atoms with Gasteiger partial charge in [0.25, 0.3) is 0 Å². The predicted molar refractivity (Wildman–Crippen MR) is 140 cm³/mol. The monoisotopic (exact) mass is 487 g/mol. The van der Waals surface area contributed by atoms with Crippen molar-refractivity contribution in [2.24, 2.45) is 5.10 Å². The van der Waals surface area contributed by atoms with Gasteiger partial charge in [-0.05, 0) is 35.9 Å². The quantitative estimate of drug-likeness (QED) is 0.576. The number of allylic oxidation sites excluding steroid dienone is 2. The van der Waals surface area contributed by atoms with E-state index in [1.165, 1.54) is 15.5 Å². The molecule has 6 rings (SSSR count). The average molecular weight is 488 g/mol. The molecule has 0 spiro atoms. The van der Waals surface area contributed by atoms with E-state index in [0.29, 0.717) is 17.4 Å². The van der Waals surface area contributed by atoms with E-state index in [1.807, 2.05) is 70.6 Å². The third kappa shape index (κ3) is 3.40. The van der Waals surface area contributed by atoms with Crippen molar-refractivity contribution in [2.75, 3.05) is 11.2 Å². The van der Waals surface area contributed by atoms with Gasteiger partial charge in [-0.15, -0.1) is 10.5 Å². The molecule has 2 aromatic carbocycles. The number of carbonyl (C=O) groups excluding carboxylic acids is 1. The minimum Gasteiger partial charge on any atom is -0.332 e. The van der Waals surface area contributed by atoms with Gasteiger partial charge in [0.1, 0.15) is 6.34 Å². The first-order valence-corrected chi connectivity index (χ1v) is 13.0. The van der Waals surface area contributed by atoms with Crippen LogP contribution in [-0.2, 0) is 6.54 Å². The average Bonchev–Trinajstić information content (AvgIpc) is 3.53. The number of amides is 2. The number of benzene rings is 2. The Labute approximate surface area is 205 Å². The van der Waals surface area contributed by atoms with Crippen molar-refractivity contribution in [3.63, 3.8) is 0 Å². The van der Waals surface area contributed by atoms with Crippen LogP contribution in [0.15, 0.2) is 106 Å². The summed E-state index contributed by atoms with van der Waals surface area (Å²) in [6.07, 6.45) is 13.4. The first kappa shape index (κ1) is 21.0. The highest BCUT2D eigenvalue weighted by atomic mass is 35.5. The fourth-order valence-corrected chi connectivity index (χ4v) is 6.77. The van der Waals surface area contributed by atoms with Gasteiger partial charge in [0.15, 0.2) is 5.82 Å². The maximum Gasteiger partial charge on any atom is 0.344 e. The first-order valence-electron chi connectivity index (χ1n) is 11.0. The van der Waals surface area contributed by atoms with Gasteiger partial charge >= 0.3 is 6.03 Å². The molecule has 0 saturated heterocycles. The van der Waals surface area contributed by atoms with Crippen molar-refractivity contribution in [1.82, 2.24) is 15.2 Å². The molecule has 34 heavy (non-hydrogen) atoms. The molecule has 0 fully saturated rings. The zero-order chi connectivity index (χ0) is 23.2. The van der Waals surface area contributed by atoms with Crippen molar-refractivity contribution < 1.29 is 4.79 Å². The zero-order valence-electron chi connectivity index (χ0n) is 18.5. The summed E-state index contributed by atoms with van der Waals surface area (Å²) in [4.78, 5) is 19.8. The van der Waals surface area contributed by atoms with E-state index in [-0.39, 0.29) is 16.5 Å². The summed E-state index contributed by atoms with van der Waals surface area (Å²) >= 11 is 6.59. The molecule has 3 heterocycles. The normalized spacial score (nSPS) is 20.2. The number of fused-ring (bicyclic) bond motifs is 4. The Balaban J connectivity index is 1.39. The number of hydrogen-bond donors (Lipinski definition) is 1. The maximum atomic E-state index is 13.2. The fourth-order valence-electron chi connectivity index (χ4n) is 4.53. The molecular weight excluding hydrogens is 466 g/mol.